The van der Waals surface area contributed by atoms with Crippen LogP contribution in [0.15, 0.2) is 24.3 Å². The minimum absolute atomic E-state index is 0.00900. The number of piperazine rings is 1. The average molecular weight is 345 g/mol. The van der Waals surface area contributed by atoms with Gasteiger partial charge in [0.05, 0.1) is 12.5 Å². The van der Waals surface area contributed by atoms with Gasteiger partial charge in [-0.25, -0.2) is 0 Å². The molecule has 6 heteroatoms. The van der Waals surface area contributed by atoms with E-state index in [4.69, 9.17) is 4.74 Å². The molecule has 6 nitrogen and oxygen atoms in total. The van der Waals surface area contributed by atoms with Crippen LogP contribution in [0.2, 0.25) is 0 Å². The van der Waals surface area contributed by atoms with Crippen molar-refractivity contribution < 1.29 is 14.3 Å². The normalized spacial score (nSPS) is 21.1. The predicted molar refractivity (Wildman–Crippen MR) is 97.7 cm³/mol. The predicted octanol–water partition coefficient (Wildman–Crippen LogP) is 2.25. The summed E-state index contributed by atoms with van der Waals surface area (Å²) in [6, 6.07) is 7.92. The maximum atomic E-state index is 12.1. The van der Waals surface area contributed by atoms with E-state index in [-0.39, 0.29) is 17.9 Å². The third kappa shape index (κ3) is 4.95. The Balaban J connectivity index is 1.48. The first-order valence-electron chi connectivity index (χ1n) is 9.14. The van der Waals surface area contributed by atoms with Crippen LogP contribution in [0.1, 0.15) is 32.6 Å². The van der Waals surface area contributed by atoms with Gasteiger partial charge in [0.25, 0.3) is 0 Å². The van der Waals surface area contributed by atoms with Gasteiger partial charge in [0.1, 0.15) is 0 Å². The molecular formula is C19H27N3O3. The molecule has 2 saturated heterocycles. The highest BCUT2D eigenvalue weighted by Gasteiger charge is 2.19. The quantitative estimate of drug-likeness (QED) is 0.909. The van der Waals surface area contributed by atoms with E-state index in [1.165, 1.54) is 0 Å². The second-order valence-corrected chi connectivity index (χ2v) is 6.78. The molecule has 1 aromatic carbocycles. The van der Waals surface area contributed by atoms with Gasteiger partial charge in [0.2, 0.25) is 11.8 Å². The molecule has 2 aliphatic heterocycles. The lowest BCUT2D eigenvalue weighted by Gasteiger charge is -2.35. The van der Waals surface area contributed by atoms with Crippen molar-refractivity contribution in [3.63, 3.8) is 0 Å². The first-order valence-corrected chi connectivity index (χ1v) is 9.14. The number of amides is 2. The SMILES string of the molecule is CC(=O)N1CCN(c2ccc(NC(=O)CC3CCCCO3)cc2)CC1. The number of nitrogens with zero attached hydrogens (tertiary/aromatic N) is 2. The van der Waals surface area contributed by atoms with Gasteiger partial charge in [0, 0.05) is 51.1 Å². The summed E-state index contributed by atoms with van der Waals surface area (Å²) in [4.78, 5) is 27.7. The molecule has 0 aliphatic carbocycles. The number of carbonyl (C=O) groups excluding carboxylic acids is 2. The van der Waals surface area contributed by atoms with Crippen molar-refractivity contribution in [2.24, 2.45) is 0 Å². The molecule has 2 heterocycles. The highest BCUT2D eigenvalue weighted by Crippen LogP contribution is 2.21. The molecule has 0 radical (unpaired) electrons. The number of nitrogens with one attached hydrogen (secondary N) is 1. The zero-order chi connectivity index (χ0) is 17.6. The lowest BCUT2D eigenvalue weighted by atomic mass is 10.1. The summed E-state index contributed by atoms with van der Waals surface area (Å²) in [5, 5.41) is 2.95. The molecule has 0 aromatic heterocycles. The molecule has 3 rings (SSSR count). The fourth-order valence-corrected chi connectivity index (χ4v) is 3.42. The summed E-state index contributed by atoms with van der Waals surface area (Å²) in [6.07, 6.45) is 3.70. The molecule has 0 spiro atoms. The summed E-state index contributed by atoms with van der Waals surface area (Å²) in [5.41, 5.74) is 1.93. The van der Waals surface area contributed by atoms with E-state index in [9.17, 15) is 9.59 Å². The van der Waals surface area contributed by atoms with Crippen LogP contribution in [0, 0.1) is 0 Å². The minimum atomic E-state index is 0.00900. The first-order chi connectivity index (χ1) is 12.1. The topological polar surface area (TPSA) is 61.9 Å². The van der Waals surface area contributed by atoms with Crippen molar-refractivity contribution in [1.29, 1.82) is 0 Å². The van der Waals surface area contributed by atoms with E-state index >= 15 is 0 Å². The lowest BCUT2D eigenvalue weighted by Crippen LogP contribution is -2.48. The van der Waals surface area contributed by atoms with Crippen molar-refractivity contribution in [2.75, 3.05) is 43.0 Å². The van der Waals surface area contributed by atoms with Crippen molar-refractivity contribution >= 4 is 23.2 Å². The van der Waals surface area contributed by atoms with E-state index in [1.807, 2.05) is 29.2 Å². The summed E-state index contributed by atoms with van der Waals surface area (Å²) in [6.45, 7) is 5.58. The van der Waals surface area contributed by atoms with Crippen molar-refractivity contribution in [3.8, 4) is 0 Å². The molecule has 1 aromatic rings. The van der Waals surface area contributed by atoms with Gasteiger partial charge >= 0.3 is 0 Å². The Hall–Kier alpha value is -2.08. The highest BCUT2D eigenvalue weighted by atomic mass is 16.5. The second kappa shape index (κ2) is 8.34. The number of carbonyl (C=O) groups is 2. The molecule has 136 valence electrons. The Labute approximate surface area is 149 Å². The molecule has 1 atom stereocenters. The second-order valence-electron chi connectivity index (χ2n) is 6.78. The third-order valence-electron chi connectivity index (χ3n) is 4.93. The summed E-state index contributed by atoms with van der Waals surface area (Å²) in [5.74, 6) is 0.148. The fourth-order valence-electron chi connectivity index (χ4n) is 3.42. The average Bonchev–Trinajstić information content (AvgIpc) is 2.63. The Morgan fingerprint density at radius 1 is 1.12 bits per heavy atom. The molecule has 2 amide bonds. The van der Waals surface area contributed by atoms with Crippen LogP contribution in [0.3, 0.4) is 0 Å². The number of hydrogen-bond acceptors (Lipinski definition) is 4. The number of hydrogen-bond donors (Lipinski definition) is 1. The van der Waals surface area contributed by atoms with Gasteiger partial charge in [-0.15, -0.1) is 0 Å². The summed E-state index contributed by atoms with van der Waals surface area (Å²) >= 11 is 0. The van der Waals surface area contributed by atoms with Crippen LogP contribution >= 0.6 is 0 Å². The molecule has 25 heavy (non-hydrogen) atoms. The van der Waals surface area contributed by atoms with Crippen LogP contribution in [-0.2, 0) is 14.3 Å². The van der Waals surface area contributed by atoms with Gasteiger partial charge in [-0.2, -0.15) is 0 Å². The maximum Gasteiger partial charge on any atom is 0.226 e. The molecule has 0 bridgehead atoms. The molecule has 2 aliphatic rings. The Morgan fingerprint density at radius 3 is 2.44 bits per heavy atom. The fraction of sp³-hybridized carbons (Fsp3) is 0.579. The van der Waals surface area contributed by atoms with Crippen LogP contribution in [0.5, 0.6) is 0 Å². The van der Waals surface area contributed by atoms with Gasteiger partial charge in [-0.05, 0) is 43.5 Å². The minimum Gasteiger partial charge on any atom is -0.378 e. The third-order valence-corrected chi connectivity index (χ3v) is 4.93. The zero-order valence-electron chi connectivity index (χ0n) is 14.9. The maximum absolute atomic E-state index is 12.1. The molecule has 2 fully saturated rings. The number of benzene rings is 1. The van der Waals surface area contributed by atoms with Crippen molar-refractivity contribution in [2.45, 2.75) is 38.7 Å². The van der Waals surface area contributed by atoms with E-state index < -0.39 is 0 Å². The smallest absolute Gasteiger partial charge is 0.226 e. The zero-order valence-corrected chi connectivity index (χ0v) is 14.9. The van der Waals surface area contributed by atoms with Crippen LogP contribution in [-0.4, -0.2) is 55.6 Å². The van der Waals surface area contributed by atoms with Gasteiger partial charge in [0.15, 0.2) is 0 Å². The molecule has 1 unspecified atom stereocenters. The Kier molecular flexibility index (Phi) is 5.91. The van der Waals surface area contributed by atoms with Crippen LogP contribution in [0.4, 0.5) is 11.4 Å². The largest absolute Gasteiger partial charge is 0.378 e. The molecule has 1 N–H and O–H groups in total. The Bertz CT molecular complexity index is 588. The summed E-state index contributed by atoms with van der Waals surface area (Å²) < 4.78 is 5.61. The van der Waals surface area contributed by atoms with Crippen LogP contribution < -0.4 is 10.2 Å². The number of rotatable bonds is 4. The van der Waals surface area contributed by atoms with Crippen molar-refractivity contribution in [1.82, 2.24) is 4.90 Å². The highest BCUT2D eigenvalue weighted by molar-refractivity contribution is 5.91. The number of anilines is 2. The standard InChI is InChI=1S/C19H27N3O3/c1-15(23)21-9-11-22(12-10-21)17-7-5-16(6-8-17)20-19(24)14-18-4-2-3-13-25-18/h5-8,18H,2-4,9-14H2,1H3,(H,20,24). The van der Waals surface area contributed by atoms with Crippen LogP contribution in [0.25, 0.3) is 0 Å². The molecule has 0 saturated carbocycles. The van der Waals surface area contributed by atoms with Gasteiger partial charge in [-0.1, -0.05) is 0 Å². The van der Waals surface area contributed by atoms with E-state index in [2.05, 4.69) is 10.2 Å². The van der Waals surface area contributed by atoms with E-state index in [1.54, 1.807) is 6.92 Å². The van der Waals surface area contributed by atoms with E-state index in [0.717, 1.165) is 63.4 Å². The molecular weight excluding hydrogens is 318 g/mol. The van der Waals surface area contributed by atoms with Gasteiger partial charge in [-0.3, -0.25) is 9.59 Å². The summed E-state index contributed by atoms with van der Waals surface area (Å²) in [7, 11) is 0. The monoisotopic (exact) mass is 345 g/mol. The lowest BCUT2D eigenvalue weighted by molar-refractivity contribution is -0.129. The van der Waals surface area contributed by atoms with Crippen molar-refractivity contribution in [3.05, 3.63) is 24.3 Å². The number of ether oxygens (including phenoxy) is 1. The first kappa shape index (κ1) is 17.7. The Morgan fingerprint density at radius 2 is 1.84 bits per heavy atom. The van der Waals surface area contributed by atoms with E-state index in [0.29, 0.717) is 6.42 Å². The van der Waals surface area contributed by atoms with Gasteiger partial charge < -0.3 is 19.9 Å².